The first-order valence-electron chi connectivity index (χ1n) is 8.91. The van der Waals surface area contributed by atoms with Gasteiger partial charge in [-0.3, -0.25) is 13.9 Å². The number of benzene rings is 1. The zero-order valence-corrected chi connectivity index (χ0v) is 17.1. The highest BCUT2D eigenvalue weighted by Gasteiger charge is 2.33. The fourth-order valence-electron chi connectivity index (χ4n) is 3.13. The summed E-state index contributed by atoms with van der Waals surface area (Å²) < 4.78 is 30.2. The molecule has 0 radical (unpaired) electrons. The lowest BCUT2D eigenvalue weighted by Crippen LogP contribution is -2.46. The smallest absolute Gasteiger partial charge is 0.338 e. The maximum absolute atomic E-state index is 12.2. The van der Waals surface area contributed by atoms with Crippen LogP contribution < -0.4 is 14.9 Å². The van der Waals surface area contributed by atoms with Crippen LogP contribution in [0.25, 0.3) is 0 Å². The summed E-state index contributed by atoms with van der Waals surface area (Å²) in [5, 5.41) is 5.01. The molecule has 0 fully saturated rings. The van der Waals surface area contributed by atoms with Crippen molar-refractivity contribution in [3.8, 4) is 0 Å². The third-order valence-electron chi connectivity index (χ3n) is 4.28. The molecule has 1 aliphatic rings. The second-order valence-electron chi connectivity index (χ2n) is 6.72. The first kappa shape index (κ1) is 21.7. The predicted molar refractivity (Wildman–Crippen MR) is 104 cm³/mol. The van der Waals surface area contributed by atoms with Gasteiger partial charge in [0.15, 0.2) is 6.61 Å². The number of sulfonamides is 1. The van der Waals surface area contributed by atoms with E-state index in [4.69, 9.17) is 4.74 Å². The van der Waals surface area contributed by atoms with E-state index >= 15 is 0 Å². The van der Waals surface area contributed by atoms with Crippen molar-refractivity contribution in [2.24, 2.45) is 0 Å². The molecular formula is C18H25N3O6S. The first-order chi connectivity index (χ1) is 13.0. The molecule has 9 nitrogen and oxygen atoms in total. The minimum atomic E-state index is -3.41. The van der Waals surface area contributed by atoms with Gasteiger partial charge in [0.2, 0.25) is 15.9 Å². The van der Waals surface area contributed by atoms with E-state index in [2.05, 4.69) is 10.6 Å². The number of rotatable bonds is 7. The van der Waals surface area contributed by atoms with Crippen molar-refractivity contribution in [1.29, 1.82) is 0 Å². The molecule has 2 N–H and O–H groups in total. The van der Waals surface area contributed by atoms with E-state index in [1.807, 2.05) is 0 Å². The van der Waals surface area contributed by atoms with Gasteiger partial charge in [0.05, 0.1) is 17.5 Å². The van der Waals surface area contributed by atoms with Gasteiger partial charge < -0.3 is 15.4 Å². The third kappa shape index (κ3) is 5.00. The third-order valence-corrected chi connectivity index (χ3v) is 5.55. The van der Waals surface area contributed by atoms with Crippen molar-refractivity contribution < 1.29 is 27.5 Å². The van der Waals surface area contributed by atoms with Crippen LogP contribution in [-0.2, 0) is 30.8 Å². The molecule has 0 unspecified atom stereocenters. The Morgan fingerprint density at radius 3 is 2.61 bits per heavy atom. The van der Waals surface area contributed by atoms with Gasteiger partial charge in [0.1, 0.15) is 6.04 Å². The highest BCUT2D eigenvalue weighted by atomic mass is 32.2. The highest BCUT2D eigenvalue weighted by molar-refractivity contribution is 7.92. The van der Waals surface area contributed by atoms with Gasteiger partial charge in [0.25, 0.3) is 5.91 Å². The standard InChI is InChI=1S/C18H25N3O6S/c1-5-19-17(23)12(3)20-16(22)10-27-18(24)13-6-7-15-14(9-13)8-11(2)21(15)28(4,25)26/h6-7,9,11-12H,5,8,10H2,1-4H3,(H,19,23)(H,20,22)/t11-,12-/m1/s1. The van der Waals surface area contributed by atoms with Crippen molar-refractivity contribution >= 4 is 33.5 Å². The SMILES string of the molecule is CCNC(=O)[C@@H](C)NC(=O)COC(=O)c1ccc2c(c1)C[C@@H](C)N2S(C)(=O)=O. The first-order valence-corrected chi connectivity index (χ1v) is 10.8. The van der Waals surface area contributed by atoms with Gasteiger partial charge in [-0.1, -0.05) is 0 Å². The Kier molecular flexibility index (Phi) is 6.65. The van der Waals surface area contributed by atoms with Crippen LogP contribution in [0, 0.1) is 0 Å². The summed E-state index contributed by atoms with van der Waals surface area (Å²) in [5.41, 5.74) is 1.49. The van der Waals surface area contributed by atoms with E-state index in [0.29, 0.717) is 18.7 Å². The predicted octanol–water partition coefficient (Wildman–Crippen LogP) is 0.195. The zero-order valence-electron chi connectivity index (χ0n) is 16.3. The Hall–Kier alpha value is -2.62. The number of likely N-dealkylation sites (N-methyl/N-ethyl adjacent to an activating group) is 1. The van der Waals surface area contributed by atoms with Crippen molar-refractivity contribution in [3.05, 3.63) is 29.3 Å². The summed E-state index contributed by atoms with van der Waals surface area (Å²) in [7, 11) is -3.41. The molecule has 1 aromatic carbocycles. The average molecular weight is 411 g/mol. The Morgan fingerprint density at radius 2 is 2.00 bits per heavy atom. The number of amides is 2. The van der Waals surface area contributed by atoms with Gasteiger partial charge in [-0.05, 0) is 51.0 Å². The van der Waals surface area contributed by atoms with E-state index in [-0.39, 0.29) is 17.5 Å². The van der Waals surface area contributed by atoms with E-state index in [9.17, 15) is 22.8 Å². The van der Waals surface area contributed by atoms with Gasteiger partial charge in [-0.25, -0.2) is 13.2 Å². The van der Waals surface area contributed by atoms with Crippen LogP contribution in [0.4, 0.5) is 5.69 Å². The van der Waals surface area contributed by atoms with Crippen LogP contribution in [-0.4, -0.2) is 57.7 Å². The highest BCUT2D eigenvalue weighted by Crippen LogP contribution is 2.34. The van der Waals surface area contributed by atoms with Crippen molar-refractivity contribution in [2.75, 3.05) is 23.7 Å². The summed E-state index contributed by atoms with van der Waals surface area (Å²) in [6.07, 6.45) is 1.62. The lowest BCUT2D eigenvalue weighted by molar-refractivity contribution is -0.130. The molecule has 2 rings (SSSR count). The number of esters is 1. The number of anilines is 1. The molecule has 2 amide bonds. The summed E-state index contributed by atoms with van der Waals surface area (Å²) in [6, 6.07) is 3.63. The summed E-state index contributed by atoms with van der Waals surface area (Å²) >= 11 is 0. The van der Waals surface area contributed by atoms with Crippen LogP contribution in [0.2, 0.25) is 0 Å². The normalized spacial score (nSPS) is 16.9. The molecular weight excluding hydrogens is 386 g/mol. The molecule has 10 heteroatoms. The number of carbonyl (C=O) groups is 3. The molecule has 1 aromatic rings. The lowest BCUT2D eigenvalue weighted by Gasteiger charge is -2.21. The van der Waals surface area contributed by atoms with Crippen molar-refractivity contribution in [3.63, 3.8) is 0 Å². The van der Waals surface area contributed by atoms with Crippen LogP contribution in [0.1, 0.15) is 36.7 Å². The lowest BCUT2D eigenvalue weighted by atomic mass is 10.1. The van der Waals surface area contributed by atoms with Gasteiger partial charge >= 0.3 is 5.97 Å². The maximum atomic E-state index is 12.2. The number of hydrogen-bond donors (Lipinski definition) is 2. The number of ether oxygens (including phenoxy) is 1. The van der Waals surface area contributed by atoms with Crippen LogP contribution in [0.15, 0.2) is 18.2 Å². The van der Waals surface area contributed by atoms with E-state index < -0.39 is 34.5 Å². The number of nitrogens with zero attached hydrogens (tertiary/aromatic N) is 1. The zero-order chi connectivity index (χ0) is 21.1. The van der Waals surface area contributed by atoms with Crippen LogP contribution >= 0.6 is 0 Å². The fourth-order valence-corrected chi connectivity index (χ4v) is 4.39. The molecule has 2 atom stereocenters. The molecule has 0 aliphatic carbocycles. The largest absolute Gasteiger partial charge is 0.452 e. The van der Waals surface area contributed by atoms with Crippen LogP contribution in [0.5, 0.6) is 0 Å². The number of fused-ring (bicyclic) bond motifs is 1. The van der Waals surface area contributed by atoms with E-state index in [0.717, 1.165) is 11.8 Å². The monoisotopic (exact) mass is 411 g/mol. The molecule has 0 saturated carbocycles. The van der Waals surface area contributed by atoms with E-state index in [1.54, 1.807) is 26.0 Å². The number of carbonyl (C=O) groups excluding carboxylic acids is 3. The van der Waals surface area contributed by atoms with Gasteiger partial charge in [-0.15, -0.1) is 0 Å². The molecule has 0 aromatic heterocycles. The molecule has 0 bridgehead atoms. The topological polar surface area (TPSA) is 122 Å². The molecule has 0 spiro atoms. The summed E-state index contributed by atoms with van der Waals surface area (Å²) in [4.78, 5) is 35.6. The van der Waals surface area contributed by atoms with E-state index in [1.165, 1.54) is 17.3 Å². The Balaban J connectivity index is 1.98. The number of nitrogens with one attached hydrogen (secondary N) is 2. The average Bonchev–Trinajstić information content (AvgIpc) is 2.94. The number of hydrogen-bond acceptors (Lipinski definition) is 6. The molecule has 154 valence electrons. The van der Waals surface area contributed by atoms with Gasteiger partial charge in [-0.2, -0.15) is 0 Å². The molecule has 28 heavy (non-hydrogen) atoms. The molecule has 1 aliphatic heterocycles. The minimum absolute atomic E-state index is 0.228. The van der Waals surface area contributed by atoms with Gasteiger partial charge in [0, 0.05) is 12.6 Å². The van der Waals surface area contributed by atoms with Crippen molar-refractivity contribution in [2.45, 2.75) is 39.3 Å². The Morgan fingerprint density at radius 1 is 1.32 bits per heavy atom. The Labute approximate surface area is 164 Å². The quantitative estimate of drug-likeness (QED) is 0.618. The minimum Gasteiger partial charge on any atom is -0.452 e. The van der Waals surface area contributed by atoms with Crippen LogP contribution in [0.3, 0.4) is 0 Å². The second-order valence-corrected chi connectivity index (χ2v) is 8.57. The van der Waals surface area contributed by atoms with Crippen molar-refractivity contribution in [1.82, 2.24) is 10.6 Å². The summed E-state index contributed by atoms with van der Waals surface area (Å²) in [5.74, 6) is -1.62. The molecule has 0 saturated heterocycles. The maximum Gasteiger partial charge on any atom is 0.338 e. The second kappa shape index (κ2) is 8.59. The fraction of sp³-hybridized carbons (Fsp3) is 0.500. The summed E-state index contributed by atoms with van der Waals surface area (Å²) in [6.45, 7) is 5.01. The Bertz CT molecular complexity index is 883. The molecule has 1 heterocycles.